The van der Waals surface area contributed by atoms with Gasteiger partial charge in [-0.1, -0.05) is 30.1 Å². The largest absolute Gasteiger partial charge is 0.465 e. The van der Waals surface area contributed by atoms with Crippen LogP contribution in [-0.2, 0) is 9.53 Å². The molecule has 9 heteroatoms. The van der Waals surface area contributed by atoms with Gasteiger partial charge in [0, 0.05) is 18.1 Å². The van der Waals surface area contributed by atoms with E-state index >= 15 is 0 Å². The zero-order valence-corrected chi connectivity index (χ0v) is 21.1. The van der Waals surface area contributed by atoms with Gasteiger partial charge < -0.3 is 19.7 Å². The molecule has 0 bridgehead atoms. The van der Waals surface area contributed by atoms with E-state index in [9.17, 15) is 9.59 Å². The molecule has 0 aliphatic carbocycles. The lowest BCUT2D eigenvalue weighted by Gasteiger charge is -2.26. The number of ether oxygens (including phenoxy) is 2. The van der Waals surface area contributed by atoms with Gasteiger partial charge >= 0.3 is 5.97 Å². The van der Waals surface area contributed by atoms with Crippen molar-refractivity contribution in [2.45, 2.75) is 53.0 Å². The number of hydrogen-bond donors (Lipinski definition) is 1. The van der Waals surface area contributed by atoms with Crippen molar-refractivity contribution >= 4 is 40.8 Å². The van der Waals surface area contributed by atoms with Gasteiger partial charge in [-0.2, -0.15) is 0 Å². The van der Waals surface area contributed by atoms with Crippen molar-refractivity contribution in [1.29, 1.82) is 0 Å². The lowest BCUT2D eigenvalue weighted by Crippen LogP contribution is -2.41. The average Bonchev–Trinajstić information content (AvgIpc) is 3.31. The van der Waals surface area contributed by atoms with E-state index in [-0.39, 0.29) is 28.1 Å². The van der Waals surface area contributed by atoms with E-state index in [4.69, 9.17) is 32.7 Å². The summed E-state index contributed by atoms with van der Waals surface area (Å²) in [6.07, 6.45) is 2.49. The number of anilines is 1. The molecule has 0 radical (unpaired) electrons. The summed E-state index contributed by atoms with van der Waals surface area (Å²) < 4.78 is 11.2. The highest BCUT2D eigenvalue weighted by Crippen LogP contribution is 2.39. The molecule has 0 spiro atoms. The molecule has 2 heterocycles. The van der Waals surface area contributed by atoms with Crippen molar-refractivity contribution in [1.82, 2.24) is 9.88 Å². The third kappa shape index (κ3) is 5.36. The van der Waals surface area contributed by atoms with Gasteiger partial charge in [0.25, 0.3) is 0 Å². The monoisotopic (exact) mass is 493 g/mol. The summed E-state index contributed by atoms with van der Waals surface area (Å²) in [7, 11) is 1.27. The number of benzene rings is 1. The fraction of sp³-hybridized carbons (Fsp3) is 0.458. The third-order valence-corrected chi connectivity index (χ3v) is 6.41. The first-order valence-corrected chi connectivity index (χ1v) is 11.7. The molecule has 0 saturated carbocycles. The van der Waals surface area contributed by atoms with Crippen LogP contribution >= 0.6 is 23.2 Å². The van der Waals surface area contributed by atoms with Gasteiger partial charge in [0.05, 0.1) is 23.5 Å². The summed E-state index contributed by atoms with van der Waals surface area (Å²) in [5.74, 6) is -0.119. The van der Waals surface area contributed by atoms with Crippen molar-refractivity contribution in [2.75, 3.05) is 25.5 Å². The Kier molecular flexibility index (Phi) is 8.08. The van der Waals surface area contributed by atoms with Crippen LogP contribution in [0.15, 0.2) is 12.1 Å². The van der Waals surface area contributed by atoms with Crippen LogP contribution in [0.3, 0.4) is 0 Å². The Hall–Kier alpha value is -2.51. The number of methoxy groups -OCH3 is 1. The van der Waals surface area contributed by atoms with Crippen LogP contribution in [0.25, 0.3) is 0 Å². The molecule has 1 aliphatic heterocycles. The Morgan fingerprint density at radius 1 is 1.15 bits per heavy atom. The number of rotatable bonds is 7. The Balaban J connectivity index is 2.09. The fourth-order valence-corrected chi connectivity index (χ4v) is 4.50. The molecule has 1 saturated heterocycles. The molecule has 178 valence electrons. The summed E-state index contributed by atoms with van der Waals surface area (Å²) in [5, 5.41) is 4.02. The summed E-state index contributed by atoms with van der Waals surface area (Å²) in [6.45, 7) is 8.79. The Bertz CT molecular complexity index is 1050. The predicted molar refractivity (Wildman–Crippen MR) is 130 cm³/mol. The molecule has 1 amide bonds. The molecule has 1 aliphatic rings. The molecule has 33 heavy (non-hydrogen) atoms. The molecule has 3 rings (SSSR count). The van der Waals surface area contributed by atoms with Crippen LogP contribution in [0.5, 0.6) is 11.6 Å². The number of aryl methyl sites for hydroxylation is 3. The number of halogens is 2. The highest BCUT2D eigenvalue weighted by atomic mass is 35.5. The maximum Gasteiger partial charge on any atom is 0.345 e. The van der Waals surface area contributed by atoms with E-state index in [0.717, 1.165) is 37.1 Å². The summed E-state index contributed by atoms with van der Waals surface area (Å²) in [5.41, 5.74) is 2.34. The van der Waals surface area contributed by atoms with Crippen molar-refractivity contribution < 1.29 is 19.1 Å². The third-order valence-electron chi connectivity index (χ3n) is 5.73. The minimum absolute atomic E-state index is 0.0248. The van der Waals surface area contributed by atoms with Crippen LogP contribution in [0.2, 0.25) is 10.0 Å². The predicted octanol–water partition coefficient (Wildman–Crippen LogP) is 5.71. The van der Waals surface area contributed by atoms with Gasteiger partial charge in [-0.05, 0) is 63.3 Å². The van der Waals surface area contributed by atoms with Crippen LogP contribution in [0.4, 0.5) is 5.69 Å². The van der Waals surface area contributed by atoms with E-state index in [2.05, 4.69) is 10.3 Å². The molecule has 1 aromatic carbocycles. The Morgan fingerprint density at radius 2 is 1.76 bits per heavy atom. The number of nitrogens with zero attached hydrogens (tertiary/aromatic N) is 2. The first-order valence-electron chi connectivity index (χ1n) is 11.0. The van der Waals surface area contributed by atoms with Gasteiger partial charge in [0.1, 0.15) is 17.4 Å². The van der Waals surface area contributed by atoms with E-state index in [1.807, 2.05) is 25.7 Å². The lowest BCUT2D eigenvalue weighted by molar-refractivity contribution is -0.131. The maximum atomic E-state index is 13.1. The SMILES string of the molecule is CCC(Nc1c(Cl)c(C)nc(Oc2c(C)cc(Cl)cc2C)c1C(=O)OC)C(=O)N1CCCC1. The van der Waals surface area contributed by atoms with Crippen molar-refractivity contribution in [3.8, 4) is 11.6 Å². The minimum atomic E-state index is -0.672. The first-order chi connectivity index (χ1) is 15.7. The van der Waals surface area contributed by atoms with Crippen LogP contribution < -0.4 is 10.1 Å². The lowest BCUT2D eigenvalue weighted by atomic mass is 10.1. The molecule has 1 fully saturated rings. The molecular weight excluding hydrogens is 465 g/mol. The number of carbonyl (C=O) groups is 2. The summed E-state index contributed by atoms with van der Waals surface area (Å²) >= 11 is 12.7. The van der Waals surface area contributed by atoms with Crippen LogP contribution in [-0.4, -0.2) is 48.0 Å². The molecular formula is C24H29Cl2N3O4. The van der Waals surface area contributed by atoms with Gasteiger partial charge in [0.2, 0.25) is 11.8 Å². The average molecular weight is 494 g/mol. The number of carbonyl (C=O) groups excluding carboxylic acids is 2. The van der Waals surface area contributed by atoms with Gasteiger partial charge in [-0.25, -0.2) is 9.78 Å². The Morgan fingerprint density at radius 3 is 2.30 bits per heavy atom. The second-order valence-electron chi connectivity index (χ2n) is 8.17. The van der Waals surface area contributed by atoms with E-state index in [1.54, 1.807) is 19.1 Å². The normalized spacial score (nSPS) is 14.2. The molecule has 2 aromatic rings. The van der Waals surface area contributed by atoms with Crippen LogP contribution in [0.1, 0.15) is 53.4 Å². The molecule has 1 N–H and O–H groups in total. The fourth-order valence-electron chi connectivity index (χ4n) is 3.98. The summed E-state index contributed by atoms with van der Waals surface area (Å²) in [6, 6.07) is 2.98. The second kappa shape index (κ2) is 10.6. The zero-order valence-electron chi connectivity index (χ0n) is 19.6. The highest BCUT2D eigenvalue weighted by Gasteiger charge is 2.31. The molecule has 1 unspecified atom stereocenters. The maximum absolute atomic E-state index is 13.1. The number of esters is 1. The van der Waals surface area contributed by atoms with Crippen molar-refractivity contribution in [3.63, 3.8) is 0 Å². The highest BCUT2D eigenvalue weighted by molar-refractivity contribution is 6.35. The number of aromatic nitrogens is 1. The van der Waals surface area contributed by atoms with Gasteiger partial charge in [-0.15, -0.1) is 0 Å². The van der Waals surface area contributed by atoms with E-state index in [1.165, 1.54) is 7.11 Å². The number of pyridine rings is 1. The minimum Gasteiger partial charge on any atom is -0.465 e. The van der Waals surface area contributed by atoms with Crippen molar-refractivity contribution in [3.05, 3.63) is 44.6 Å². The molecule has 1 aromatic heterocycles. The quantitative estimate of drug-likeness (QED) is 0.497. The molecule has 1 atom stereocenters. The summed E-state index contributed by atoms with van der Waals surface area (Å²) in [4.78, 5) is 32.2. The molecule has 7 nitrogen and oxygen atoms in total. The number of likely N-dealkylation sites (tertiary alicyclic amines) is 1. The number of amides is 1. The van der Waals surface area contributed by atoms with Crippen molar-refractivity contribution in [2.24, 2.45) is 0 Å². The van der Waals surface area contributed by atoms with Crippen LogP contribution in [0, 0.1) is 20.8 Å². The standard InChI is InChI=1S/C24H29Cl2N3O4/c1-6-17(23(30)29-9-7-8-10-29)28-20-18(24(31)32-5)22(27-15(4)19(20)26)33-21-13(2)11-16(25)12-14(21)3/h11-12,17H,6-10H2,1-5H3,(H,27,28). The zero-order chi connectivity index (χ0) is 24.3. The first kappa shape index (κ1) is 25.1. The second-order valence-corrected chi connectivity index (χ2v) is 8.98. The van der Waals surface area contributed by atoms with E-state index in [0.29, 0.717) is 22.9 Å². The number of hydrogen-bond acceptors (Lipinski definition) is 6. The topological polar surface area (TPSA) is 80.8 Å². The Labute approximate surface area is 204 Å². The van der Waals surface area contributed by atoms with E-state index < -0.39 is 12.0 Å². The number of nitrogens with one attached hydrogen (secondary N) is 1. The van der Waals surface area contributed by atoms with Gasteiger partial charge in [0.15, 0.2) is 0 Å². The smallest absolute Gasteiger partial charge is 0.345 e. The van der Waals surface area contributed by atoms with Gasteiger partial charge in [-0.3, -0.25) is 4.79 Å².